The Kier molecular flexibility index (Phi) is 19.6. The summed E-state index contributed by atoms with van der Waals surface area (Å²) in [6.07, 6.45) is -4.89. The van der Waals surface area contributed by atoms with E-state index in [0.29, 0.717) is 18.9 Å². The lowest BCUT2D eigenvalue weighted by Crippen LogP contribution is -2.58. The van der Waals surface area contributed by atoms with E-state index in [0.717, 1.165) is 25.1 Å². The zero-order valence-corrected chi connectivity index (χ0v) is 32.2. The van der Waals surface area contributed by atoms with E-state index in [1.807, 2.05) is 0 Å². The molecule has 21 nitrogen and oxygen atoms in total. The molecule has 5 amide bonds. The van der Waals surface area contributed by atoms with E-state index in [9.17, 15) is 51.8 Å². The van der Waals surface area contributed by atoms with Gasteiger partial charge in [-0.05, 0) is 70.0 Å². The number of fused-ring (bicyclic) bond motifs is 1. The van der Waals surface area contributed by atoms with Gasteiger partial charge in [0.15, 0.2) is 11.9 Å². The summed E-state index contributed by atoms with van der Waals surface area (Å²) in [6, 6.07) is -1.98. The molecule has 0 aliphatic heterocycles. The van der Waals surface area contributed by atoms with E-state index < -0.39 is 101 Å². The summed E-state index contributed by atoms with van der Waals surface area (Å²) < 4.78 is 45.7. The lowest BCUT2D eigenvalue weighted by molar-refractivity contribution is -0.138. The Morgan fingerprint density at radius 2 is 1.22 bits per heavy atom. The van der Waals surface area contributed by atoms with Crippen LogP contribution in [0.1, 0.15) is 70.3 Å². The number of amides is 5. The predicted molar refractivity (Wildman–Crippen MR) is 209 cm³/mol. The number of guanidine groups is 2. The van der Waals surface area contributed by atoms with Crippen molar-refractivity contribution in [2.75, 3.05) is 25.0 Å². The van der Waals surface area contributed by atoms with E-state index in [1.54, 1.807) is 0 Å². The normalized spacial score (nSPS) is 13.2. The maximum atomic E-state index is 13.8. The highest BCUT2D eigenvalue weighted by Gasteiger charge is 2.34. The second-order valence-corrected chi connectivity index (χ2v) is 13.2. The van der Waals surface area contributed by atoms with Gasteiger partial charge in [-0.25, -0.2) is 4.79 Å². The van der Waals surface area contributed by atoms with E-state index in [2.05, 4.69) is 36.6 Å². The van der Waals surface area contributed by atoms with Gasteiger partial charge >= 0.3 is 17.8 Å². The van der Waals surface area contributed by atoms with Crippen molar-refractivity contribution in [3.8, 4) is 0 Å². The number of nitrogens with zero attached hydrogens (tertiary/aromatic N) is 2. The molecule has 0 spiro atoms. The molecule has 4 atom stereocenters. The third kappa shape index (κ3) is 17.7. The number of hydrogen-bond donors (Lipinski definition) is 11. The molecule has 0 aliphatic rings. The third-order valence-corrected chi connectivity index (χ3v) is 8.39. The van der Waals surface area contributed by atoms with E-state index >= 15 is 0 Å². The van der Waals surface area contributed by atoms with Gasteiger partial charge in [-0.2, -0.15) is 13.2 Å². The van der Waals surface area contributed by atoms with Crippen LogP contribution in [0.15, 0.2) is 43.5 Å². The first kappa shape index (κ1) is 48.7. The van der Waals surface area contributed by atoms with Crippen LogP contribution in [0.2, 0.25) is 0 Å². The molecule has 24 heteroatoms. The Morgan fingerprint density at radius 1 is 0.729 bits per heavy atom. The van der Waals surface area contributed by atoms with Gasteiger partial charge < -0.3 is 64.8 Å². The molecule has 2 aromatic rings. The van der Waals surface area contributed by atoms with Gasteiger partial charge in [0.25, 0.3) is 0 Å². The molecule has 0 saturated carbocycles. The van der Waals surface area contributed by atoms with Crippen LogP contribution in [-0.4, -0.2) is 96.3 Å². The number of aliphatic carboxylic acids is 1. The fourth-order valence-corrected chi connectivity index (χ4v) is 5.61. The van der Waals surface area contributed by atoms with Crippen LogP contribution in [0.4, 0.5) is 18.9 Å². The Morgan fingerprint density at radius 3 is 1.69 bits per heavy atom. The lowest BCUT2D eigenvalue weighted by Gasteiger charge is -2.26. The van der Waals surface area contributed by atoms with Gasteiger partial charge in [-0.1, -0.05) is 0 Å². The molecule has 0 radical (unpaired) electrons. The predicted octanol–water partition coefficient (Wildman–Crippen LogP) is -1.19. The number of carbonyl (C=O) groups is 6. The van der Waals surface area contributed by atoms with E-state index in [1.165, 1.54) is 0 Å². The number of unbranched alkanes of at least 4 members (excludes halogenated alkanes) is 1. The molecule has 16 N–H and O–H groups in total. The van der Waals surface area contributed by atoms with Crippen LogP contribution in [0.5, 0.6) is 0 Å². The molecular weight excluding hydrogens is 789 g/mol. The summed E-state index contributed by atoms with van der Waals surface area (Å²) in [5.41, 5.74) is 24.0. The maximum Gasteiger partial charge on any atom is 0.417 e. The minimum Gasteiger partial charge on any atom is -0.481 e. The highest BCUT2D eigenvalue weighted by atomic mass is 19.4. The number of hydrogen-bond acceptors (Lipinski definition) is 11. The van der Waals surface area contributed by atoms with Crippen LogP contribution in [0, 0.1) is 0 Å². The highest BCUT2D eigenvalue weighted by molar-refractivity contribution is 6.00. The van der Waals surface area contributed by atoms with Gasteiger partial charge in [0.1, 0.15) is 29.8 Å². The van der Waals surface area contributed by atoms with E-state index in [-0.39, 0.29) is 69.3 Å². The number of benzene rings is 1. The summed E-state index contributed by atoms with van der Waals surface area (Å²) >= 11 is 0. The summed E-state index contributed by atoms with van der Waals surface area (Å²) in [4.78, 5) is 97.4. The van der Waals surface area contributed by atoms with Crippen molar-refractivity contribution in [1.29, 1.82) is 0 Å². The van der Waals surface area contributed by atoms with Gasteiger partial charge in [-0.3, -0.25) is 38.8 Å². The molecule has 0 saturated heterocycles. The molecule has 0 bridgehead atoms. The van der Waals surface area contributed by atoms with Crippen LogP contribution in [0.25, 0.3) is 11.0 Å². The first-order chi connectivity index (χ1) is 27.7. The van der Waals surface area contributed by atoms with Crippen molar-refractivity contribution >= 4 is 64.1 Å². The van der Waals surface area contributed by atoms with Gasteiger partial charge in [-0.15, -0.1) is 0 Å². The lowest BCUT2D eigenvalue weighted by atomic mass is 10.0. The van der Waals surface area contributed by atoms with Crippen LogP contribution >= 0.6 is 0 Å². The summed E-state index contributed by atoms with van der Waals surface area (Å²) in [7, 11) is 0. The van der Waals surface area contributed by atoms with Crippen molar-refractivity contribution in [1.82, 2.24) is 21.3 Å². The molecule has 1 heterocycles. The molecule has 2 rings (SSSR count). The summed E-state index contributed by atoms with van der Waals surface area (Å²) in [5, 5.41) is 21.4. The standard InChI is InChI=1S/C35H51F3N12O9/c1-18(51)46-22(7-4-14-44-33(40)41)30(56)50-25(11-12-27(52)53)32(58)48-23(6-2-3-13-39)31(57)49-24(8-5-15-45-34(42)43)29(55)47-19-9-10-20-21(35(36,37)38)17-28(54)59-26(20)16-19/h9-10,16-17,22-25H,2-8,11-15,39H2,1H3,(H,46,51)(H,47,55)(H,48,58)(H,49,57)(H,50,56)(H,52,53)(H4,40,41,44)(H4,42,43,45)/t22-,23-,24-,25-/m0/s1. The zero-order valence-electron chi connectivity index (χ0n) is 32.2. The second kappa shape index (κ2) is 23.7. The quantitative estimate of drug-likeness (QED) is 0.0256. The molecule has 59 heavy (non-hydrogen) atoms. The van der Waals surface area contributed by atoms with Crippen molar-refractivity contribution in [2.24, 2.45) is 38.7 Å². The second-order valence-electron chi connectivity index (χ2n) is 13.2. The van der Waals surface area contributed by atoms with Crippen molar-refractivity contribution in [3.05, 3.63) is 40.2 Å². The average molecular weight is 841 g/mol. The topological polar surface area (TPSA) is 368 Å². The van der Waals surface area contributed by atoms with Gasteiger partial charge in [0.2, 0.25) is 29.5 Å². The Labute approximate surface area is 335 Å². The van der Waals surface area contributed by atoms with E-state index in [4.69, 9.17) is 33.1 Å². The summed E-state index contributed by atoms with van der Waals surface area (Å²) in [5.74, 6) is -5.84. The number of nitrogens with two attached hydrogens (primary N) is 5. The SMILES string of the molecule is CC(=O)N[C@@H](CCCN=C(N)N)C(=O)N[C@@H](CCC(=O)O)C(=O)N[C@@H](CCCCN)C(=O)N[C@@H](CCCN=C(N)N)C(=O)Nc1ccc2c(C(F)(F)F)cc(=O)oc2c1. The minimum absolute atomic E-state index is 0.0265. The van der Waals surface area contributed by atoms with Crippen molar-refractivity contribution in [3.63, 3.8) is 0 Å². The number of carboxylic acid groups (broad SMARTS) is 1. The van der Waals surface area contributed by atoms with Crippen molar-refractivity contribution < 1.29 is 51.5 Å². The number of alkyl halides is 3. The first-order valence-corrected chi connectivity index (χ1v) is 18.4. The Bertz CT molecular complexity index is 1920. The van der Waals surface area contributed by atoms with Crippen LogP contribution in [-0.2, 0) is 34.9 Å². The molecular formula is C35H51F3N12O9. The zero-order chi connectivity index (χ0) is 44.3. The number of anilines is 1. The minimum atomic E-state index is -4.88. The number of halogens is 3. The summed E-state index contributed by atoms with van der Waals surface area (Å²) in [6.45, 7) is 1.53. The number of aliphatic imine (C=N–C) groups is 2. The van der Waals surface area contributed by atoms with Crippen LogP contribution in [0.3, 0.4) is 0 Å². The largest absolute Gasteiger partial charge is 0.481 e. The molecule has 1 aromatic carbocycles. The molecule has 0 fully saturated rings. The number of rotatable bonds is 24. The molecule has 0 unspecified atom stereocenters. The Balaban J connectivity index is 2.39. The molecule has 1 aromatic heterocycles. The maximum absolute atomic E-state index is 13.8. The monoisotopic (exact) mass is 840 g/mol. The first-order valence-electron chi connectivity index (χ1n) is 18.4. The fraction of sp³-hybridized carbons (Fsp3) is 0.514. The van der Waals surface area contributed by atoms with Crippen molar-refractivity contribution in [2.45, 2.75) is 95.1 Å². The third-order valence-electron chi connectivity index (χ3n) is 8.39. The number of carboxylic acids is 1. The highest BCUT2D eigenvalue weighted by Crippen LogP contribution is 2.34. The molecule has 326 valence electrons. The number of carbonyl (C=O) groups excluding carboxylic acids is 5. The molecule has 0 aliphatic carbocycles. The number of nitrogens with one attached hydrogen (secondary N) is 5. The average Bonchev–Trinajstić information content (AvgIpc) is 3.13. The van der Waals surface area contributed by atoms with Gasteiger partial charge in [0, 0.05) is 49.6 Å². The Hall–Kier alpha value is -6.46. The van der Waals surface area contributed by atoms with Gasteiger partial charge in [0.05, 0.1) is 5.56 Å². The smallest absolute Gasteiger partial charge is 0.417 e. The fourth-order valence-electron chi connectivity index (χ4n) is 5.61. The van der Waals surface area contributed by atoms with Crippen LogP contribution < -0.4 is 60.9 Å².